The standard InChI is InChI=1S/C21H20F2N4O2/c22-21(23)29-17-7-4-3-6-16(17)20(28)24-15-11-9-14(10-12-15)19-26-25-18-8-2-1-5-13-27(18)19/h3-4,6-7,9-12,21H,1-2,5,8,13H2,(H,24,28). The molecule has 1 amide bonds. The molecule has 0 saturated heterocycles. The highest BCUT2D eigenvalue weighted by Crippen LogP contribution is 2.25. The fourth-order valence-electron chi connectivity index (χ4n) is 3.45. The molecule has 0 unspecified atom stereocenters. The monoisotopic (exact) mass is 398 g/mol. The number of nitrogens with one attached hydrogen (secondary N) is 1. The molecule has 1 aliphatic heterocycles. The van der Waals surface area contributed by atoms with Crippen molar-refractivity contribution in [2.45, 2.75) is 38.8 Å². The van der Waals surface area contributed by atoms with Crippen LogP contribution in [0.1, 0.15) is 35.4 Å². The van der Waals surface area contributed by atoms with Crippen molar-refractivity contribution in [1.82, 2.24) is 14.8 Å². The Morgan fingerprint density at radius 3 is 2.62 bits per heavy atom. The van der Waals surface area contributed by atoms with Gasteiger partial charge >= 0.3 is 6.61 Å². The molecule has 1 N–H and O–H groups in total. The maximum absolute atomic E-state index is 12.5. The van der Waals surface area contributed by atoms with E-state index in [2.05, 4.69) is 24.8 Å². The first-order chi connectivity index (χ1) is 14.1. The number of benzene rings is 2. The van der Waals surface area contributed by atoms with E-state index in [4.69, 9.17) is 0 Å². The fourth-order valence-corrected chi connectivity index (χ4v) is 3.45. The lowest BCUT2D eigenvalue weighted by atomic mass is 10.1. The van der Waals surface area contributed by atoms with E-state index in [1.165, 1.54) is 24.6 Å². The zero-order valence-electron chi connectivity index (χ0n) is 15.6. The Morgan fingerprint density at radius 2 is 1.83 bits per heavy atom. The van der Waals surface area contributed by atoms with Gasteiger partial charge in [-0.15, -0.1) is 10.2 Å². The molecule has 0 fully saturated rings. The number of hydrogen-bond acceptors (Lipinski definition) is 4. The zero-order valence-corrected chi connectivity index (χ0v) is 15.6. The molecule has 0 atom stereocenters. The van der Waals surface area contributed by atoms with Gasteiger partial charge in [0, 0.05) is 24.2 Å². The van der Waals surface area contributed by atoms with Crippen molar-refractivity contribution in [3.05, 3.63) is 59.9 Å². The van der Waals surface area contributed by atoms with Crippen molar-refractivity contribution >= 4 is 11.6 Å². The Bertz CT molecular complexity index is 1000. The molecule has 1 aromatic heterocycles. The molecule has 0 radical (unpaired) electrons. The summed E-state index contributed by atoms with van der Waals surface area (Å²) in [5.41, 5.74) is 1.49. The number of amides is 1. The van der Waals surface area contributed by atoms with Gasteiger partial charge in [-0.3, -0.25) is 4.79 Å². The minimum absolute atomic E-state index is 0.0413. The smallest absolute Gasteiger partial charge is 0.387 e. The van der Waals surface area contributed by atoms with Gasteiger partial charge in [0.15, 0.2) is 5.82 Å². The van der Waals surface area contributed by atoms with Crippen LogP contribution in [0.4, 0.5) is 14.5 Å². The largest absolute Gasteiger partial charge is 0.434 e. The van der Waals surface area contributed by atoms with Crippen molar-refractivity contribution < 1.29 is 18.3 Å². The minimum atomic E-state index is -3.00. The van der Waals surface area contributed by atoms with Crippen molar-refractivity contribution in [2.75, 3.05) is 5.32 Å². The number of halogens is 2. The molecule has 2 aromatic carbocycles. The summed E-state index contributed by atoms with van der Waals surface area (Å²) >= 11 is 0. The highest BCUT2D eigenvalue weighted by Gasteiger charge is 2.17. The quantitative estimate of drug-likeness (QED) is 0.686. The molecule has 0 bridgehead atoms. The molecule has 0 saturated carbocycles. The summed E-state index contributed by atoms with van der Waals surface area (Å²) < 4.78 is 31.7. The first kappa shape index (κ1) is 19.0. The molecule has 8 heteroatoms. The van der Waals surface area contributed by atoms with Crippen LogP contribution in [0.3, 0.4) is 0 Å². The van der Waals surface area contributed by atoms with Crippen LogP contribution < -0.4 is 10.1 Å². The van der Waals surface area contributed by atoms with E-state index in [0.717, 1.165) is 43.0 Å². The third-order valence-electron chi connectivity index (χ3n) is 4.86. The van der Waals surface area contributed by atoms with Gasteiger partial charge in [-0.2, -0.15) is 8.78 Å². The summed E-state index contributed by atoms with van der Waals surface area (Å²) in [6.07, 6.45) is 4.35. The minimum Gasteiger partial charge on any atom is -0.434 e. The number of alkyl halides is 2. The van der Waals surface area contributed by atoms with Gasteiger partial charge in [-0.25, -0.2) is 0 Å². The van der Waals surface area contributed by atoms with Gasteiger partial charge in [0.2, 0.25) is 0 Å². The summed E-state index contributed by atoms with van der Waals surface area (Å²) in [6.45, 7) is -2.10. The van der Waals surface area contributed by atoms with Crippen molar-refractivity contribution in [3.8, 4) is 17.1 Å². The second kappa shape index (κ2) is 8.38. The van der Waals surface area contributed by atoms with Gasteiger partial charge in [0.1, 0.15) is 11.6 Å². The number of aromatic nitrogens is 3. The second-order valence-electron chi connectivity index (χ2n) is 6.81. The summed E-state index contributed by atoms with van der Waals surface area (Å²) in [5.74, 6) is 1.13. The molecular weight excluding hydrogens is 378 g/mol. The van der Waals surface area contributed by atoms with Crippen LogP contribution in [-0.4, -0.2) is 27.3 Å². The molecule has 1 aliphatic rings. The van der Waals surface area contributed by atoms with Gasteiger partial charge in [-0.1, -0.05) is 18.6 Å². The maximum atomic E-state index is 12.5. The highest BCUT2D eigenvalue weighted by molar-refractivity contribution is 6.06. The number of rotatable bonds is 5. The lowest BCUT2D eigenvalue weighted by Crippen LogP contribution is -2.15. The number of para-hydroxylation sites is 1. The molecule has 29 heavy (non-hydrogen) atoms. The Morgan fingerprint density at radius 1 is 1.03 bits per heavy atom. The summed E-state index contributed by atoms with van der Waals surface area (Å²) in [6, 6.07) is 13.1. The average molecular weight is 398 g/mol. The zero-order chi connectivity index (χ0) is 20.2. The van der Waals surface area contributed by atoms with Crippen LogP contribution in [-0.2, 0) is 13.0 Å². The lowest BCUT2D eigenvalue weighted by molar-refractivity contribution is -0.0501. The number of fused-ring (bicyclic) bond motifs is 1. The third-order valence-corrected chi connectivity index (χ3v) is 4.86. The summed E-state index contributed by atoms with van der Waals surface area (Å²) in [5, 5.41) is 11.3. The average Bonchev–Trinajstić information content (AvgIpc) is 2.96. The predicted molar refractivity (Wildman–Crippen MR) is 104 cm³/mol. The number of carbonyl (C=O) groups excluding carboxylic acids is 1. The molecule has 4 rings (SSSR count). The number of carbonyl (C=O) groups is 1. The van der Waals surface area contributed by atoms with E-state index in [-0.39, 0.29) is 11.3 Å². The predicted octanol–water partition coefficient (Wildman–Crippen LogP) is 4.53. The van der Waals surface area contributed by atoms with E-state index < -0.39 is 12.5 Å². The number of anilines is 1. The molecule has 150 valence electrons. The lowest BCUT2D eigenvalue weighted by Gasteiger charge is -2.11. The van der Waals surface area contributed by atoms with Crippen LogP contribution in [0.2, 0.25) is 0 Å². The first-order valence-corrected chi connectivity index (χ1v) is 9.49. The highest BCUT2D eigenvalue weighted by atomic mass is 19.3. The van der Waals surface area contributed by atoms with E-state index >= 15 is 0 Å². The van der Waals surface area contributed by atoms with Gasteiger partial charge < -0.3 is 14.6 Å². The van der Waals surface area contributed by atoms with Crippen molar-refractivity contribution in [1.29, 1.82) is 0 Å². The molecule has 0 aliphatic carbocycles. The van der Waals surface area contributed by atoms with Crippen LogP contribution >= 0.6 is 0 Å². The Balaban J connectivity index is 1.51. The van der Waals surface area contributed by atoms with E-state index in [9.17, 15) is 13.6 Å². The van der Waals surface area contributed by atoms with Gasteiger partial charge in [0.05, 0.1) is 5.56 Å². The van der Waals surface area contributed by atoms with E-state index in [1.54, 1.807) is 18.2 Å². The van der Waals surface area contributed by atoms with E-state index in [0.29, 0.717) is 5.69 Å². The molecule has 0 spiro atoms. The molecule has 6 nitrogen and oxygen atoms in total. The van der Waals surface area contributed by atoms with Crippen molar-refractivity contribution in [3.63, 3.8) is 0 Å². The van der Waals surface area contributed by atoms with Crippen LogP contribution in [0, 0.1) is 0 Å². The number of aryl methyl sites for hydroxylation is 1. The molecule has 3 aromatic rings. The number of ether oxygens (including phenoxy) is 1. The Kier molecular flexibility index (Phi) is 5.50. The topological polar surface area (TPSA) is 69.0 Å². The van der Waals surface area contributed by atoms with Gasteiger partial charge in [-0.05, 0) is 49.2 Å². The Hall–Kier alpha value is -3.29. The molecular formula is C21H20F2N4O2. The van der Waals surface area contributed by atoms with Crippen LogP contribution in [0.15, 0.2) is 48.5 Å². The first-order valence-electron chi connectivity index (χ1n) is 9.49. The van der Waals surface area contributed by atoms with E-state index in [1.807, 2.05) is 12.1 Å². The molecule has 2 heterocycles. The number of nitrogens with zero attached hydrogens (tertiary/aromatic N) is 3. The Labute approximate surface area is 166 Å². The second-order valence-corrected chi connectivity index (χ2v) is 6.81. The van der Waals surface area contributed by atoms with Crippen LogP contribution in [0.25, 0.3) is 11.4 Å². The normalized spacial score (nSPS) is 13.6. The van der Waals surface area contributed by atoms with Crippen molar-refractivity contribution in [2.24, 2.45) is 0 Å². The number of hydrogen-bond donors (Lipinski definition) is 1. The summed E-state index contributed by atoms with van der Waals surface area (Å²) in [7, 11) is 0. The van der Waals surface area contributed by atoms with Gasteiger partial charge in [0.25, 0.3) is 5.91 Å². The maximum Gasteiger partial charge on any atom is 0.387 e. The summed E-state index contributed by atoms with van der Waals surface area (Å²) in [4.78, 5) is 12.5. The van der Waals surface area contributed by atoms with Crippen LogP contribution in [0.5, 0.6) is 5.75 Å². The SMILES string of the molecule is O=C(Nc1ccc(-c2nnc3n2CCCCC3)cc1)c1ccccc1OC(F)F. The fraction of sp³-hybridized carbons (Fsp3) is 0.286. The third kappa shape index (κ3) is 4.26.